The third kappa shape index (κ3) is 8.38. The number of hydrogen-bond acceptors (Lipinski definition) is 8. The van der Waals surface area contributed by atoms with Crippen LogP contribution in [0.5, 0.6) is 0 Å². The average Bonchev–Trinajstić information content (AvgIpc) is 2.65. The average molecular weight is 573 g/mol. The topological polar surface area (TPSA) is 140 Å². The number of hydrogen-bond donors (Lipinski definition) is 4. The summed E-state index contributed by atoms with van der Waals surface area (Å²) in [5.41, 5.74) is -4.46. The molecule has 2 heterocycles. The van der Waals surface area contributed by atoms with Crippen LogP contribution in [0.1, 0.15) is 109 Å². The first-order valence-corrected chi connectivity index (χ1v) is 14.5. The van der Waals surface area contributed by atoms with Crippen LogP contribution in [-0.2, 0) is 19.3 Å². The first-order chi connectivity index (χ1) is 17.7. The number of hydroxylamine groups is 4. The molecule has 0 saturated carbocycles. The van der Waals surface area contributed by atoms with E-state index in [9.17, 15) is 30.0 Å². The molecule has 2 unspecified atom stereocenters. The number of aliphatic carboxylic acids is 2. The van der Waals surface area contributed by atoms with Crippen LogP contribution in [0.3, 0.4) is 0 Å². The molecule has 2 aliphatic rings. The normalized spacial score (nSPS) is 25.9. The molecule has 0 aromatic carbocycles. The van der Waals surface area contributed by atoms with Gasteiger partial charge in [-0.1, -0.05) is 0 Å². The van der Waals surface area contributed by atoms with Crippen molar-refractivity contribution in [3.05, 3.63) is 0 Å². The predicted molar refractivity (Wildman–Crippen MR) is 152 cm³/mol. The Hall–Kier alpha value is -1.30. The molecule has 0 bridgehead atoms. The van der Waals surface area contributed by atoms with Gasteiger partial charge in [0, 0.05) is 22.2 Å². The standard InChI is InChI=1S/C30H56N2O8/c1-25(2)13-19(14-26(3,4)31(25)39-17-29(9,10)37)21(23(33)34)22(24(35)36)20-15-27(5,6)32(28(7,8)16-20)40-18-30(11,12)38/h19-22,37-38H,13-18H2,1-12H3,(H,33,34)(H,35,36). The molecule has 234 valence electrons. The van der Waals surface area contributed by atoms with Crippen molar-refractivity contribution in [3.63, 3.8) is 0 Å². The van der Waals surface area contributed by atoms with Crippen molar-refractivity contribution in [1.29, 1.82) is 0 Å². The summed E-state index contributed by atoms with van der Waals surface area (Å²) in [4.78, 5) is 38.1. The van der Waals surface area contributed by atoms with Crippen LogP contribution < -0.4 is 0 Å². The number of carboxylic acids is 2. The highest BCUT2D eigenvalue weighted by atomic mass is 16.7. The fraction of sp³-hybridized carbons (Fsp3) is 0.933. The van der Waals surface area contributed by atoms with Crippen molar-refractivity contribution in [3.8, 4) is 0 Å². The number of carboxylic acid groups (broad SMARTS) is 2. The summed E-state index contributed by atoms with van der Waals surface area (Å²) in [6.45, 7) is 22.7. The lowest BCUT2D eigenvalue weighted by Crippen LogP contribution is -2.64. The van der Waals surface area contributed by atoms with E-state index in [0.29, 0.717) is 25.7 Å². The van der Waals surface area contributed by atoms with Crippen LogP contribution in [-0.4, -0.2) is 89.1 Å². The van der Waals surface area contributed by atoms with Gasteiger partial charge < -0.3 is 20.4 Å². The summed E-state index contributed by atoms with van der Waals surface area (Å²) in [7, 11) is 0. The van der Waals surface area contributed by atoms with Crippen molar-refractivity contribution < 1.29 is 39.7 Å². The van der Waals surface area contributed by atoms with Crippen LogP contribution in [0.15, 0.2) is 0 Å². The van der Waals surface area contributed by atoms with Gasteiger partial charge in [0.05, 0.1) is 36.3 Å². The van der Waals surface area contributed by atoms with E-state index in [4.69, 9.17) is 9.68 Å². The third-order valence-corrected chi connectivity index (χ3v) is 8.31. The summed E-state index contributed by atoms with van der Waals surface area (Å²) in [6.07, 6.45) is 1.74. The van der Waals surface area contributed by atoms with Gasteiger partial charge in [0.2, 0.25) is 0 Å². The van der Waals surface area contributed by atoms with E-state index in [1.165, 1.54) is 0 Å². The van der Waals surface area contributed by atoms with Crippen molar-refractivity contribution in [2.24, 2.45) is 23.7 Å². The molecule has 0 amide bonds. The van der Waals surface area contributed by atoms with Gasteiger partial charge in [-0.05, 0) is 121 Å². The maximum atomic E-state index is 12.9. The van der Waals surface area contributed by atoms with E-state index >= 15 is 0 Å². The van der Waals surface area contributed by atoms with Gasteiger partial charge in [0.1, 0.15) is 0 Å². The highest BCUT2D eigenvalue weighted by Gasteiger charge is 2.56. The van der Waals surface area contributed by atoms with Crippen molar-refractivity contribution in [2.75, 3.05) is 13.2 Å². The largest absolute Gasteiger partial charge is 0.481 e. The molecule has 0 spiro atoms. The Morgan fingerprint density at radius 3 is 1.05 bits per heavy atom. The lowest BCUT2D eigenvalue weighted by Gasteiger charge is -2.57. The quantitative estimate of drug-likeness (QED) is 0.283. The second-order valence-electron chi connectivity index (χ2n) is 16.1. The molecular weight excluding hydrogens is 516 g/mol. The Bertz CT molecular complexity index is 806. The Morgan fingerprint density at radius 1 is 0.650 bits per heavy atom. The Morgan fingerprint density at radius 2 is 0.875 bits per heavy atom. The number of aliphatic hydroxyl groups is 2. The molecular formula is C30H56N2O8. The molecule has 2 rings (SSSR count). The highest BCUT2D eigenvalue weighted by molar-refractivity contribution is 5.80. The zero-order chi connectivity index (χ0) is 31.3. The molecule has 2 saturated heterocycles. The molecule has 4 N–H and O–H groups in total. The van der Waals surface area contributed by atoms with Crippen LogP contribution in [0, 0.1) is 23.7 Å². The fourth-order valence-electron chi connectivity index (χ4n) is 7.63. The van der Waals surface area contributed by atoms with Gasteiger partial charge in [-0.15, -0.1) is 0 Å². The van der Waals surface area contributed by atoms with Gasteiger partial charge in [-0.3, -0.25) is 19.3 Å². The Labute approximate surface area is 240 Å². The maximum Gasteiger partial charge on any atom is 0.307 e. The fourth-order valence-corrected chi connectivity index (χ4v) is 7.63. The highest BCUT2D eigenvalue weighted by Crippen LogP contribution is 2.51. The van der Waals surface area contributed by atoms with Gasteiger partial charge in [-0.2, -0.15) is 10.1 Å². The van der Waals surface area contributed by atoms with Crippen molar-refractivity contribution >= 4 is 11.9 Å². The molecule has 0 radical (unpaired) electrons. The van der Waals surface area contributed by atoms with E-state index in [-0.39, 0.29) is 13.2 Å². The van der Waals surface area contributed by atoms with Gasteiger partial charge in [-0.25, -0.2) is 0 Å². The zero-order valence-electron chi connectivity index (χ0n) is 26.9. The van der Waals surface area contributed by atoms with Crippen LogP contribution in [0.2, 0.25) is 0 Å². The second kappa shape index (κ2) is 11.4. The summed E-state index contributed by atoms with van der Waals surface area (Å²) in [5, 5.41) is 45.3. The molecule has 0 aromatic heterocycles. The van der Waals surface area contributed by atoms with Gasteiger partial charge in [0.25, 0.3) is 0 Å². The number of rotatable bonds is 11. The second-order valence-corrected chi connectivity index (χ2v) is 16.1. The van der Waals surface area contributed by atoms with E-state index in [1.807, 2.05) is 65.5 Å². The summed E-state index contributed by atoms with van der Waals surface area (Å²) >= 11 is 0. The van der Waals surface area contributed by atoms with Gasteiger partial charge in [0.15, 0.2) is 0 Å². The smallest absolute Gasteiger partial charge is 0.307 e. The molecule has 10 nitrogen and oxygen atoms in total. The first kappa shape index (κ1) is 34.9. The van der Waals surface area contributed by atoms with Crippen LogP contribution >= 0.6 is 0 Å². The molecule has 40 heavy (non-hydrogen) atoms. The van der Waals surface area contributed by atoms with E-state index in [2.05, 4.69) is 0 Å². The van der Waals surface area contributed by atoms with Crippen molar-refractivity contribution in [1.82, 2.24) is 10.1 Å². The Kier molecular flexibility index (Phi) is 9.96. The minimum atomic E-state index is -1.09. The zero-order valence-corrected chi connectivity index (χ0v) is 26.9. The number of nitrogens with zero attached hydrogens (tertiary/aromatic N) is 2. The van der Waals surface area contributed by atoms with E-state index < -0.39 is 69.0 Å². The van der Waals surface area contributed by atoms with E-state index in [1.54, 1.807) is 27.7 Å². The minimum absolute atomic E-state index is 0.0862. The maximum absolute atomic E-state index is 12.9. The molecule has 2 fully saturated rings. The van der Waals surface area contributed by atoms with E-state index in [0.717, 1.165) is 0 Å². The van der Waals surface area contributed by atoms with Gasteiger partial charge >= 0.3 is 11.9 Å². The lowest BCUT2D eigenvalue weighted by atomic mass is 9.61. The predicted octanol–water partition coefficient (Wildman–Crippen LogP) is 4.33. The molecule has 10 heteroatoms. The number of piperidine rings is 2. The van der Waals surface area contributed by atoms with Crippen LogP contribution in [0.4, 0.5) is 0 Å². The Balaban J connectivity index is 2.42. The third-order valence-electron chi connectivity index (χ3n) is 8.31. The molecule has 2 atom stereocenters. The monoisotopic (exact) mass is 572 g/mol. The summed E-state index contributed by atoms with van der Waals surface area (Å²) in [6, 6.07) is 0. The molecule has 0 aliphatic carbocycles. The van der Waals surface area contributed by atoms with Crippen molar-refractivity contribution in [2.45, 2.75) is 142 Å². The summed E-state index contributed by atoms with van der Waals surface area (Å²) < 4.78 is 0. The summed E-state index contributed by atoms with van der Waals surface area (Å²) in [5.74, 6) is -5.17. The SMILES string of the molecule is CC(C)(O)CON1C(C)(C)CC(C(C(=O)O)C(C(=O)O)C2CC(C)(C)N(OCC(C)(C)O)C(C)(C)C2)CC1(C)C. The lowest BCUT2D eigenvalue weighted by molar-refractivity contribution is -0.309. The van der Waals surface area contributed by atoms with Crippen LogP contribution in [0.25, 0.3) is 0 Å². The molecule has 2 aliphatic heterocycles. The first-order valence-electron chi connectivity index (χ1n) is 14.5. The molecule has 0 aromatic rings. The number of carbonyl (C=O) groups is 2. The minimum Gasteiger partial charge on any atom is -0.481 e.